The fraction of sp³-hybridized carbons (Fsp3) is 0. The molecule has 0 spiro atoms. The number of hydrogen-bond acceptors (Lipinski definition) is 2. The number of benzene rings is 7. The molecule has 9 rings (SSSR count). The lowest BCUT2D eigenvalue weighted by molar-refractivity contribution is 1.17. The second-order valence-electron chi connectivity index (χ2n) is 12.1. The average Bonchev–Trinajstić information content (AvgIpc) is 3.67. The first-order chi connectivity index (χ1) is 23.7. The molecule has 0 aliphatic rings. The third kappa shape index (κ3) is 4.29. The number of hydrogen-bond donors (Lipinski definition) is 0. The predicted octanol–water partition coefficient (Wildman–Crippen LogP) is 11.0. The van der Waals surface area contributed by atoms with Crippen LogP contribution in [0.2, 0.25) is 0 Å². The van der Waals surface area contributed by atoms with Crippen LogP contribution in [0.25, 0.3) is 77.2 Å². The zero-order valence-corrected chi connectivity index (χ0v) is 25.8. The lowest BCUT2D eigenvalue weighted by atomic mass is 9.95. The lowest BCUT2D eigenvalue weighted by Gasteiger charge is -2.15. The molecule has 4 nitrogen and oxygen atoms in total. The molecule has 0 saturated heterocycles. The van der Waals surface area contributed by atoms with Crippen molar-refractivity contribution < 1.29 is 0 Å². The highest BCUT2D eigenvalue weighted by molar-refractivity contribution is 6.10. The molecule has 0 aliphatic carbocycles. The molecule has 0 N–H and O–H groups in total. The number of para-hydroxylation sites is 4. The predicted molar refractivity (Wildman–Crippen MR) is 195 cm³/mol. The molecule has 0 unspecified atom stereocenters. The topological polar surface area (TPSA) is 57.4 Å². The van der Waals surface area contributed by atoms with Crippen molar-refractivity contribution in [2.75, 3.05) is 0 Å². The Bertz CT molecular complexity index is 2680. The number of rotatable bonds is 4. The second kappa shape index (κ2) is 10.9. The van der Waals surface area contributed by atoms with Crippen molar-refractivity contribution in [3.05, 3.63) is 169 Å². The molecule has 2 heterocycles. The number of fused-ring (bicyclic) bond motifs is 6. The molecule has 7 aromatic carbocycles. The zero-order valence-electron chi connectivity index (χ0n) is 25.8. The molecular weight excluding hydrogens is 585 g/mol. The number of nitriles is 2. The number of nitrogens with zero attached hydrogens (tertiary/aromatic N) is 4. The van der Waals surface area contributed by atoms with E-state index >= 15 is 0 Å². The normalized spacial score (nSPS) is 11.3. The zero-order chi connectivity index (χ0) is 32.2. The Morgan fingerprint density at radius 1 is 0.333 bits per heavy atom. The molecule has 0 saturated carbocycles. The van der Waals surface area contributed by atoms with Gasteiger partial charge in [0.15, 0.2) is 0 Å². The van der Waals surface area contributed by atoms with Gasteiger partial charge in [-0.3, -0.25) is 0 Å². The van der Waals surface area contributed by atoms with Gasteiger partial charge in [-0.1, -0.05) is 84.9 Å². The summed E-state index contributed by atoms with van der Waals surface area (Å²) in [6.07, 6.45) is 0. The Morgan fingerprint density at radius 3 is 1.21 bits per heavy atom. The van der Waals surface area contributed by atoms with Crippen LogP contribution in [0, 0.1) is 22.7 Å². The van der Waals surface area contributed by atoms with Crippen molar-refractivity contribution in [1.29, 1.82) is 10.5 Å². The van der Waals surface area contributed by atoms with E-state index in [1.165, 1.54) is 21.5 Å². The first kappa shape index (κ1) is 27.4. The summed E-state index contributed by atoms with van der Waals surface area (Å²) < 4.78 is 4.65. The maximum absolute atomic E-state index is 9.81. The molecule has 0 amide bonds. The fourth-order valence-corrected chi connectivity index (χ4v) is 7.22. The summed E-state index contributed by atoms with van der Waals surface area (Å²) in [4.78, 5) is 0. The van der Waals surface area contributed by atoms with E-state index in [-0.39, 0.29) is 0 Å². The standard InChI is InChI=1S/C44H26N4/c45-27-29-20-30(28-46)22-32(21-29)34-23-33(25-36(26-34)48-43-18-7-3-14-39(43)40-15-4-8-19-44(40)48)31-10-9-11-35(24-31)47-41-16-5-1-12-37(41)38-13-2-6-17-42(38)47/h1-26H. The maximum Gasteiger partial charge on any atom is 0.0992 e. The maximum atomic E-state index is 9.81. The van der Waals surface area contributed by atoms with Crippen LogP contribution in [0.5, 0.6) is 0 Å². The molecule has 9 aromatic rings. The molecule has 2 aromatic heterocycles. The van der Waals surface area contributed by atoms with Gasteiger partial charge in [0.05, 0.1) is 45.3 Å². The second-order valence-corrected chi connectivity index (χ2v) is 12.1. The van der Waals surface area contributed by atoms with E-state index in [0.717, 1.165) is 55.7 Å². The van der Waals surface area contributed by atoms with Crippen molar-refractivity contribution in [1.82, 2.24) is 9.13 Å². The third-order valence-electron chi connectivity index (χ3n) is 9.30. The van der Waals surface area contributed by atoms with E-state index in [1.54, 1.807) is 6.07 Å². The summed E-state index contributed by atoms with van der Waals surface area (Å²) in [5.41, 5.74) is 11.4. The Balaban J connectivity index is 1.32. The van der Waals surface area contributed by atoms with Crippen LogP contribution >= 0.6 is 0 Å². The molecule has 0 bridgehead atoms. The van der Waals surface area contributed by atoms with Gasteiger partial charge in [-0.05, 0) is 95.1 Å². The van der Waals surface area contributed by atoms with E-state index in [2.05, 4.69) is 161 Å². The Hall–Kier alpha value is -6.88. The Kier molecular flexibility index (Phi) is 6.22. The van der Waals surface area contributed by atoms with Crippen LogP contribution < -0.4 is 0 Å². The summed E-state index contributed by atoms with van der Waals surface area (Å²) in [5, 5.41) is 24.4. The Labute approximate surface area is 277 Å². The molecule has 0 radical (unpaired) electrons. The van der Waals surface area contributed by atoms with E-state index in [9.17, 15) is 10.5 Å². The van der Waals surface area contributed by atoms with E-state index in [0.29, 0.717) is 11.1 Å². The molecule has 0 fully saturated rings. The van der Waals surface area contributed by atoms with Crippen molar-refractivity contribution in [2.24, 2.45) is 0 Å². The van der Waals surface area contributed by atoms with E-state index in [1.807, 2.05) is 12.1 Å². The van der Waals surface area contributed by atoms with Gasteiger partial charge in [-0.25, -0.2) is 0 Å². The molecular formula is C44H26N4. The molecule has 0 atom stereocenters. The van der Waals surface area contributed by atoms with Crippen molar-refractivity contribution in [3.8, 4) is 45.8 Å². The first-order valence-electron chi connectivity index (χ1n) is 15.9. The summed E-state index contributed by atoms with van der Waals surface area (Å²) in [5.74, 6) is 0. The highest BCUT2D eigenvalue weighted by Crippen LogP contribution is 2.38. The number of aromatic nitrogens is 2. The van der Waals surface area contributed by atoms with Crippen LogP contribution in [0.3, 0.4) is 0 Å². The Morgan fingerprint density at radius 2 is 0.729 bits per heavy atom. The van der Waals surface area contributed by atoms with Gasteiger partial charge in [-0.15, -0.1) is 0 Å². The van der Waals surface area contributed by atoms with E-state index in [4.69, 9.17) is 0 Å². The van der Waals surface area contributed by atoms with Crippen LogP contribution in [0.1, 0.15) is 11.1 Å². The summed E-state index contributed by atoms with van der Waals surface area (Å²) in [6.45, 7) is 0. The minimum Gasteiger partial charge on any atom is -0.309 e. The van der Waals surface area contributed by atoms with Crippen molar-refractivity contribution in [3.63, 3.8) is 0 Å². The molecule has 4 heteroatoms. The molecule has 0 aliphatic heterocycles. The van der Waals surface area contributed by atoms with E-state index < -0.39 is 0 Å². The quantitative estimate of drug-likeness (QED) is 0.199. The average molecular weight is 611 g/mol. The SMILES string of the molecule is N#Cc1cc(C#N)cc(-c2cc(-c3cccc(-n4c5ccccc5c5ccccc54)c3)cc(-n3c4ccccc4c4ccccc43)c2)c1. The van der Waals surface area contributed by atoms with Gasteiger partial charge in [0, 0.05) is 32.9 Å². The largest absolute Gasteiger partial charge is 0.309 e. The summed E-state index contributed by atoms with van der Waals surface area (Å²) >= 11 is 0. The van der Waals surface area contributed by atoms with Crippen LogP contribution in [0.15, 0.2) is 158 Å². The minimum absolute atomic E-state index is 0.459. The minimum atomic E-state index is 0.459. The van der Waals surface area contributed by atoms with Gasteiger partial charge >= 0.3 is 0 Å². The smallest absolute Gasteiger partial charge is 0.0992 e. The monoisotopic (exact) mass is 610 g/mol. The van der Waals surface area contributed by atoms with Crippen LogP contribution in [0.4, 0.5) is 0 Å². The van der Waals surface area contributed by atoms with Crippen molar-refractivity contribution in [2.45, 2.75) is 0 Å². The molecule has 222 valence electrons. The fourth-order valence-electron chi connectivity index (χ4n) is 7.22. The lowest BCUT2D eigenvalue weighted by Crippen LogP contribution is -1.97. The highest BCUT2D eigenvalue weighted by atomic mass is 15.0. The van der Waals surface area contributed by atoms with Crippen LogP contribution in [-0.2, 0) is 0 Å². The van der Waals surface area contributed by atoms with Gasteiger partial charge in [0.1, 0.15) is 0 Å². The van der Waals surface area contributed by atoms with Crippen LogP contribution in [-0.4, -0.2) is 9.13 Å². The summed E-state index contributed by atoms with van der Waals surface area (Å²) in [7, 11) is 0. The first-order valence-corrected chi connectivity index (χ1v) is 15.9. The van der Waals surface area contributed by atoms with Gasteiger partial charge in [-0.2, -0.15) is 10.5 Å². The van der Waals surface area contributed by atoms with Gasteiger partial charge in [0.25, 0.3) is 0 Å². The van der Waals surface area contributed by atoms with Gasteiger partial charge < -0.3 is 9.13 Å². The highest BCUT2D eigenvalue weighted by Gasteiger charge is 2.16. The van der Waals surface area contributed by atoms with Crippen molar-refractivity contribution >= 4 is 43.6 Å². The van der Waals surface area contributed by atoms with Gasteiger partial charge in [0.2, 0.25) is 0 Å². The molecule has 48 heavy (non-hydrogen) atoms. The summed E-state index contributed by atoms with van der Waals surface area (Å²) in [6, 6.07) is 59.2. The third-order valence-corrected chi connectivity index (χ3v) is 9.30.